The summed E-state index contributed by atoms with van der Waals surface area (Å²) in [7, 11) is 0. The zero-order valence-corrected chi connectivity index (χ0v) is 19.6. The van der Waals surface area contributed by atoms with E-state index in [2.05, 4.69) is 22.1 Å². The minimum absolute atomic E-state index is 0.0129. The first-order valence-corrected chi connectivity index (χ1v) is 12.5. The molecule has 32 heavy (non-hydrogen) atoms. The lowest BCUT2D eigenvalue weighted by molar-refractivity contribution is 0.542. The molecular formula is C23H23N5O2S2. The molecule has 0 fully saturated rings. The molecule has 0 aliphatic carbocycles. The van der Waals surface area contributed by atoms with Crippen LogP contribution in [0.25, 0.3) is 27.4 Å². The summed E-state index contributed by atoms with van der Waals surface area (Å²) < 4.78 is 9.62. The maximum atomic E-state index is 13.1. The van der Waals surface area contributed by atoms with Gasteiger partial charge < -0.3 is 4.42 Å². The van der Waals surface area contributed by atoms with E-state index in [1.54, 1.807) is 27.7 Å². The summed E-state index contributed by atoms with van der Waals surface area (Å²) in [5.74, 6) is 2.64. The first kappa shape index (κ1) is 21.0. The predicted octanol–water partition coefficient (Wildman–Crippen LogP) is 5.55. The van der Waals surface area contributed by atoms with Crippen LogP contribution in [-0.2, 0) is 12.3 Å². The molecule has 7 nitrogen and oxygen atoms in total. The summed E-state index contributed by atoms with van der Waals surface area (Å²) in [6.45, 7) is 4.72. The van der Waals surface area contributed by atoms with Gasteiger partial charge in [0.15, 0.2) is 5.16 Å². The monoisotopic (exact) mass is 465 g/mol. The summed E-state index contributed by atoms with van der Waals surface area (Å²) in [4.78, 5) is 18.8. The van der Waals surface area contributed by atoms with Gasteiger partial charge in [0.05, 0.1) is 21.5 Å². The fraction of sp³-hybridized carbons (Fsp3) is 0.304. The minimum atomic E-state index is -0.0129. The molecule has 0 radical (unpaired) electrons. The van der Waals surface area contributed by atoms with Gasteiger partial charge in [0, 0.05) is 12.3 Å². The molecule has 164 valence electrons. The van der Waals surface area contributed by atoms with E-state index in [0.717, 1.165) is 46.3 Å². The zero-order chi connectivity index (χ0) is 22.1. The average molecular weight is 466 g/mol. The Balaban J connectivity index is 1.52. The maximum Gasteiger partial charge on any atom is 0.262 e. The highest BCUT2D eigenvalue weighted by atomic mass is 32.2. The number of rotatable bonds is 8. The molecule has 0 aliphatic heterocycles. The molecule has 5 aromatic rings. The van der Waals surface area contributed by atoms with Crippen LogP contribution in [0.3, 0.4) is 0 Å². The number of para-hydroxylation sites is 1. The Morgan fingerprint density at radius 3 is 2.81 bits per heavy atom. The van der Waals surface area contributed by atoms with E-state index in [9.17, 15) is 4.79 Å². The fourth-order valence-corrected chi connectivity index (χ4v) is 5.34. The third-order valence-electron chi connectivity index (χ3n) is 5.43. The molecule has 0 amide bonds. The molecule has 4 heterocycles. The topological polar surface area (TPSA) is 78.2 Å². The summed E-state index contributed by atoms with van der Waals surface area (Å²) in [6.07, 6.45) is 3.10. The first-order chi connectivity index (χ1) is 15.7. The standard InChI is InChI=1S/C23H23N5O2S2/c1-3-4-7-12-27-21(29)16-9-5-6-10-18(16)28-22(27)25-26-23(28)32-14-17-15(2)30-20(24-17)19-11-8-13-31-19/h5-6,8-11,13H,3-4,7,12,14H2,1-2H3. The third kappa shape index (κ3) is 3.75. The Bertz CT molecular complexity index is 1430. The van der Waals surface area contributed by atoms with E-state index in [1.807, 2.05) is 53.1 Å². The van der Waals surface area contributed by atoms with E-state index >= 15 is 0 Å². The van der Waals surface area contributed by atoms with Gasteiger partial charge in [-0.2, -0.15) is 0 Å². The van der Waals surface area contributed by atoms with Gasteiger partial charge in [0.2, 0.25) is 11.7 Å². The quantitative estimate of drug-likeness (QED) is 0.221. The van der Waals surface area contributed by atoms with Crippen molar-refractivity contribution in [2.24, 2.45) is 0 Å². The minimum Gasteiger partial charge on any atom is -0.440 e. The summed E-state index contributed by atoms with van der Waals surface area (Å²) >= 11 is 3.15. The maximum absolute atomic E-state index is 13.1. The highest BCUT2D eigenvalue weighted by molar-refractivity contribution is 7.98. The smallest absolute Gasteiger partial charge is 0.262 e. The Hall–Kier alpha value is -2.91. The van der Waals surface area contributed by atoms with Gasteiger partial charge >= 0.3 is 0 Å². The van der Waals surface area contributed by atoms with Gasteiger partial charge in [0.25, 0.3) is 5.56 Å². The number of nitrogens with zero attached hydrogens (tertiary/aromatic N) is 5. The summed E-state index contributed by atoms with van der Waals surface area (Å²) in [5.41, 5.74) is 1.69. The third-order valence-corrected chi connectivity index (χ3v) is 7.22. The number of thiophene rings is 1. The number of unbranched alkanes of at least 4 members (excludes halogenated alkanes) is 2. The number of oxazole rings is 1. The fourth-order valence-electron chi connectivity index (χ4n) is 3.75. The van der Waals surface area contributed by atoms with Gasteiger partial charge in [-0.15, -0.1) is 21.5 Å². The van der Waals surface area contributed by atoms with E-state index in [0.29, 0.717) is 29.4 Å². The van der Waals surface area contributed by atoms with Crippen LogP contribution in [-0.4, -0.2) is 24.1 Å². The molecule has 9 heteroatoms. The van der Waals surface area contributed by atoms with Gasteiger partial charge in [-0.3, -0.25) is 13.8 Å². The number of thioether (sulfide) groups is 1. The van der Waals surface area contributed by atoms with E-state index in [4.69, 9.17) is 4.42 Å². The van der Waals surface area contributed by atoms with Crippen molar-refractivity contribution in [1.82, 2.24) is 24.1 Å². The van der Waals surface area contributed by atoms with Crippen LogP contribution in [0.2, 0.25) is 0 Å². The normalized spacial score (nSPS) is 11.7. The van der Waals surface area contributed by atoms with Crippen molar-refractivity contribution in [1.29, 1.82) is 0 Å². The SMILES string of the molecule is CCCCCn1c(=O)c2ccccc2n2c(SCc3nc(-c4cccs4)oc3C)nnc12. The van der Waals surface area contributed by atoms with Crippen molar-refractivity contribution in [3.05, 3.63) is 63.6 Å². The van der Waals surface area contributed by atoms with Crippen LogP contribution in [0.15, 0.2) is 56.1 Å². The molecular weight excluding hydrogens is 442 g/mol. The highest BCUT2D eigenvalue weighted by Gasteiger charge is 2.18. The van der Waals surface area contributed by atoms with Crippen LogP contribution in [0.4, 0.5) is 0 Å². The number of fused-ring (bicyclic) bond motifs is 3. The van der Waals surface area contributed by atoms with Crippen molar-refractivity contribution in [3.8, 4) is 10.8 Å². The second kappa shape index (κ2) is 8.91. The molecule has 0 N–H and O–H groups in total. The number of hydrogen-bond donors (Lipinski definition) is 0. The molecule has 0 atom stereocenters. The Morgan fingerprint density at radius 1 is 1.12 bits per heavy atom. The van der Waals surface area contributed by atoms with E-state index < -0.39 is 0 Å². The van der Waals surface area contributed by atoms with Crippen LogP contribution < -0.4 is 5.56 Å². The lowest BCUT2D eigenvalue weighted by Crippen LogP contribution is -2.23. The highest BCUT2D eigenvalue weighted by Crippen LogP contribution is 2.30. The molecule has 1 aromatic carbocycles. The van der Waals surface area contributed by atoms with Crippen LogP contribution >= 0.6 is 23.1 Å². The Morgan fingerprint density at radius 2 is 2.00 bits per heavy atom. The average Bonchev–Trinajstić information content (AvgIpc) is 3.55. The van der Waals surface area contributed by atoms with Crippen LogP contribution in [0.1, 0.15) is 37.6 Å². The second-order valence-electron chi connectivity index (χ2n) is 7.59. The Kier molecular flexibility index (Phi) is 5.84. The van der Waals surface area contributed by atoms with Gasteiger partial charge in [-0.1, -0.05) is 49.7 Å². The van der Waals surface area contributed by atoms with Gasteiger partial charge in [0.1, 0.15) is 5.76 Å². The lowest BCUT2D eigenvalue weighted by atomic mass is 10.2. The van der Waals surface area contributed by atoms with Crippen molar-refractivity contribution >= 4 is 39.8 Å². The van der Waals surface area contributed by atoms with E-state index in [1.165, 1.54) is 0 Å². The molecule has 0 saturated carbocycles. The molecule has 0 spiro atoms. The number of hydrogen-bond acceptors (Lipinski definition) is 7. The summed E-state index contributed by atoms with van der Waals surface area (Å²) in [5, 5.41) is 12.3. The molecule has 0 bridgehead atoms. The molecule has 0 aliphatic rings. The second-order valence-corrected chi connectivity index (χ2v) is 9.48. The van der Waals surface area contributed by atoms with Crippen molar-refractivity contribution in [3.63, 3.8) is 0 Å². The van der Waals surface area contributed by atoms with Crippen molar-refractivity contribution < 1.29 is 4.42 Å². The molecule has 5 rings (SSSR count). The zero-order valence-electron chi connectivity index (χ0n) is 17.9. The summed E-state index contributed by atoms with van der Waals surface area (Å²) in [6, 6.07) is 11.6. The lowest BCUT2D eigenvalue weighted by Gasteiger charge is -2.11. The predicted molar refractivity (Wildman–Crippen MR) is 128 cm³/mol. The number of aryl methyl sites for hydroxylation is 2. The molecule has 0 saturated heterocycles. The van der Waals surface area contributed by atoms with E-state index in [-0.39, 0.29) is 5.56 Å². The Labute approximate surface area is 193 Å². The van der Waals surface area contributed by atoms with Crippen molar-refractivity contribution in [2.45, 2.75) is 50.6 Å². The van der Waals surface area contributed by atoms with Gasteiger partial charge in [-0.25, -0.2) is 4.98 Å². The number of benzene rings is 1. The number of aromatic nitrogens is 5. The molecule has 0 unspecified atom stereocenters. The first-order valence-electron chi connectivity index (χ1n) is 10.7. The van der Waals surface area contributed by atoms with Crippen molar-refractivity contribution in [2.75, 3.05) is 0 Å². The van der Waals surface area contributed by atoms with Crippen LogP contribution in [0.5, 0.6) is 0 Å². The van der Waals surface area contributed by atoms with Crippen LogP contribution in [0, 0.1) is 6.92 Å². The van der Waals surface area contributed by atoms with Gasteiger partial charge in [-0.05, 0) is 36.9 Å². The molecule has 4 aromatic heterocycles. The largest absolute Gasteiger partial charge is 0.440 e.